The lowest BCUT2D eigenvalue weighted by atomic mass is 9.82. The van der Waals surface area contributed by atoms with E-state index in [0.29, 0.717) is 57.3 Å². The van der Waals surface area contributed by atoms with Crippen LogP contribution < -0.4 is 71.2 Å². The monoisotopic (exact) mass is 1130 g/mol. The van der Waals surface area contributed by atoms with Gasteiger partial charge in [-0.05, 0) is 102 Å². The lowest BCUT2D eigenvalue weighted by Crippen LogP contribution is -2.65. The van der Waals surface area contributed by atoms with Gasteiger partial charge in [0.15, 0.2) is 0 Å². The number of ketones is 4. The Balaban J connectivity index is 2.63. The molecule has 27 heteroatoms. The van der Waals surface area contributed by atoms with Crippen LogP contribution in [0.25, 0.3) is 0 Å². The number of aliphatic hydroxyl groups excluding tert-OH is 1. The predicted octanol–water partition coefficient (Wildman–Crippen LogP) is -1.67. The Morgan fingerprint density at radius 3 is 1.99 bits per heavy atom. The van der Waals surface area contributed by atoms with Crippen molar-refractivity contribution in [3.8, 4) is 0 Å². The first-order valence-corrected chi connectivity index (χ1v) is 28.2. The molecule has 1 unspecified atom stereocenters. The van der Waals surface area contributed by atoms with Crippen molar-refractivity contribution < 1.29 is 53.1 Å². The fraction of sp³-hybridized carbons (Fsp3) is 0.774. The van der Waals surface area contributed by atoms with Crippen molar-refractivity contribution in [2.75, 3.05) is 13.2 Å². The molecule has 6 amide bonds. The zero-order valence-corrected chi connectivity index (χ0v) is 48.8. The van der Waals surface area contributed by atoms with Crippen LogP contribution >= 0.6 is 0 Å². The number of carbonyl (C=O) groups is 10. The second kappa shape index (κ2) is 34.6. The molecule has 1 aliphatic heterocycles. The van der Waals surface area contributed by atoms with Gasteiger partial charge in [0.05, 0.1) is 42.7 Å². The number of rotatable bonds is 29. The minimum Gasteiger partial charge on any atom is -0.394 e. The van der Waals surface area contributed by atoms with Gasteiger partial charge >= 0.3 is 0 Å². The number of fused-ring (bicyclic) bond motifs is 1. The number of primary amides is 2. The quantitative estimate of drug-likeness (QED) is 0.0185. The van der Waals surface area contributed by atoms with Crippen LogP contribution in [-0.4, -0.2) is 146 Å². The van der Waals surface area contributed by atoms with Crippen LogP contribution in [-0.2, 0) is 60.9 Å². The Bertz CT molecular complexity index is 2220. The molecule has 0 radical (unpaired) electrons. The Morgan fingerprint density at radius 1 is 0.800 bits per heavy atom. The van der Waals surface area contributed by atoms with E-state index < -0.39 is 131 Å². The molecule has 80 heavy (non-hydrogen) atoms. The van der Waals surface area contributed by atoms with Gasteiger partial charge in [0, 0.05) is 18.4 Å². The number of hydrogen-bond donors (Lipinski definition) is 14. The summed E-state index contributed by atoms with van der Waals surface area (Å²) in [6.07, 6.45) is 3.79. The molecule has 2 heterocycles. The van der Waals surface area contributed by atoms with Gasteiger partial charge in [-0.25, -0.2) is 26.4 Å². The predicted molar refractivity (Wildman–Crippen MR) is 298 cm³/mol. The summed E-state index contributed by atoms with van der Waals surface area (Å²) in [5.74, 6) is -8.99. The van der Waals surface area contributed by atoms with Crippen LogP contribution in [0.15, 0.2) is 6.20 Å². The maximum absolute atomic E-state index is 15.0. The summed E-state index contributed by atoms with van der Waals surface area (Å²) in [6.45, 7) is 17.5. The third-order valence-corrected chi connectivity index (χ3v) is 14.3. The first-order valence-electron chi connectivity index (χ1n) is 28.2. The molecule has 2 rings (SSSR count). The number of nitrogens with two attached hydrogens (primary N) is 4. The number of hydrazine groups is 2. The van der Waals surface area contributed by atoms with Gasteiger partial charge in [0.25, 0.3) is 0 Å². The normalized spacial score (nSPS) is 22.0. The third-order valence-electron chi connectivity index (χ3n) is 14.3. The smallest absolute Gasteiger partial charge is 0.245 e. The van der Waals surface area contributed by atoms with Crippen LogP contribution in [0.3, 0.4) is 0 Å². The molecule has 454 valence electrons. The number of hydrogen-bond acceptors (Lipinski definition) is 20. The Morgan fingerprint density at radius 2 is 1.40 bits per heavy atom. The summed E-state index contributed by atoms with van der Waals surface area (Å²) >= 11 is 0. The molecule has 0 aliphatic carbocycles. The van der Waals surface area contributed by atoms with Gasteiger partial charge in [0.1, 0.15) is 30.0 Å². The second-order valence-corrected chi connectivity index (χ2v) is 22.9. The van der Waals surface area contributed by atoms with Crippen molar-refractivity contribution in [3.05, 3.63) is 11.9 Å². The first kappa shape index (κ1) is 70.4. The van der Waals surface area contributed by atoms with Gasteiger partial charge in [0.2, 0.25) is 58.6 Å². The van der Waals surface area contributed by atoms with E-state index in [1.54, 1.807) is 38.6 Å². The van der Waals surface area contributed by atoms with E-state index in [1.807, 2.05) is 34.6 Å². The summed E-state index contributed by atoms with van der Waals surface area (Å²) in [4.78, 5) is 139. The van der Waals surface area contributed by atoms with Gasteiger partial charge < -0.3 is 49.3 Å². The fourth-order valence-electron chi connectivity index (χ4n) is 9.10. The Labute approximate surface area is 470 Å². The van der Waals surface area contributed by atoms with Gasteiger partial charge in [-0.2, -0.15) is 0 Å². The molecular formula is C53H96N16O11. The number of nitrogens with zero attached hydrogens (tertiary/aromatic N) is 3. The topological polar surface area (TPSA) is 434 Å². The lowest BCUT2D eigenvalue weighted by molar-refractivity contribution is -0.144. The van der Waals surface area contributed by atoms with Crippen molar-refractivity contribution >= 4 is 58.6 Å². The minimum absolute atomic E-state index is 0.0945. The van der Waals surface area contributed by atoms with Crippen LogP contribution in [0, 0.1) is 23.2 Å². The van der Waals surface area contributed by atoms with Crippen molar-refractivity contribution in [1.82, 2.24) is 63.3 Å². The zero-order chi connectivity index (χ0) is 60.5. The Kier molecular flexibility index (Phi) is 30.4. The van der Waals surface area contributed by atoms with Gasteiger partial charge in [-0.3, -0.25) is 53.3 Å². The van der Waals surface area contributed by atoms with Gasteiger partial charge in [-0.15, -0.1) is 5.10 Å². The SMILES string of the molecule is CCCC[C@H](NNC(C(=O)C(=O)[C@]1(C)CCCc2cnnn2CCCC(C)(C)C(=O)N[C@@H](CC(C)C)C(=O)C(=O)[C@H](CC(C)C)NN[C@@H](CCC(N)=O)C(=O)N1)[C@@H](C)CC)C(=O)N[C@@H](CO)C(=O)N[C@@H](CCCNC(N)N)C(N)=O. The number of aryl methyl sites for hydroxylation is 2. The summed E-state index contributed by atoms with van der Waals surface area (Å²) in [6, 6.07) is -8.87. The highest BCUT2D eigenvalue weighted by Gasteiger charge is 2.44. The lowest BCUT2D eigenvalue weighted by Gasteiger charge is -2.34. The average molecular weight is 1130 g/mol. The van der Waals surface area contributed by atoms with Crippen LogP contribution in [0.2, 0.25) is 0 Å². The van der Waals surface area contributed by atoms with Crippen molar-refractivity contribution in [2.45, 2.75) is 226 Å². The van der Waals surface area contributed by atoms with E-state index in [9.17, 15) is 48.3 Å². The number of unbranched alkanes of at least 4 members (excludes halogenated alkanes) is 1. The number of Topliss-reactive ketones (excluding diaryl/α,β-unsaturated/α-hetero) is 4. The summed E-state index contributed by atoms with van der Waals surface area (Å²) in [7, 11) is 0. The molecule has 1 aliphatic rings. The molecule has 27 nitrogen and oxygen atoms in total. The summed E-state index contributed by atoms with van der Waals surface area (Å²) < 4.78 is 1.67. The molecule has 0 fully saturated rings. The second-order valence-electron chi connectivity index (χ2n) is 22.9. The van der Waals surface area contributed by atoms with E-state index in [-0.39, 0.29) is 69.6 Å². The van der Waals surface area contributed by atoms with Crippen LogP contribution in [0.5, 0.6) is 0 Å². The number of aromatic nitrogens is 3. The number of nitrogens with one attached hydrogen (secondary N) is 9. The average Bonchev–Trinajstić information content (AvgIpc) is 3.83. The molecule has 0 aromatic carbocycles. The summed E-state index contributed by atoms with van der Waals surface area (Å²) in [5.41, 5.74) is 31.4. The molecule has 0 saturated heterocycles. The van der Waals surface area contributed by atoms with E-state index in [2.05, 4.69) is 58.6 Å². The molecule has 9 atom stereocenters. The fourth-order valence-corrected chi connectivity index (χ4v) is 9.10. The van der Waals surface area contributed by atoms with Gasteiger partial charge in [-0.1, -0.05) is 86.8 Å². The highest BCUT2D eigenvalue weighted by Crippen LogP contribution is 2.26. The first-order chi connectivity index (χ1) is 37.5. The van der Waals surface area contributed by atoms with Crippen LogP contribution in [0.4, 0.5) is 0 Å². The summed E-state index contributed by atoms with van der Waals surface area (Å²) in [5, 5.41) is 32.0. The molecule has 0 saturated carbocycles. The molecule has 18 N–H and O–H groups in total. The zero-order valence-electron chi connectivity index (χ0n) is 48.8. The maximum atomic E-state index is 15.0. The highest BCUT2D eigenvalue weighted by molar-refractivity contribution is 6.42. The van der Waals surface area contributed by atoms with Crippen molar-refractivity contribution in [2.24, 2.45) is 46.1 Å². The van der Waals surface area contributed by atoms with Crippen LogP contribution in [0.1, 0.15) is 165 Å². The number of aliphatic hydroxyl groups is 1. The minimum atomic E-state index is -1.94. The maximum Gasteiger partial charge on any atom is 0.245 e. The Hall–Kier alpha value is -5.68. The molecule has 0 bridgehead atoms. The standard InChI is InChI=1S/C53H96N16O11/c1-11-13-18-35(47(77)61-39(29-70)48(78)60-34(46(55)76)19-15-24-58-51(56)57)65-67-41(32(7)12-2)44(74)45(75)53(10)23-14-17-33-28-59-68-69(33)25-16-22-52(8,9)50(80)62-37(26-30(3)4)42(72)43(73)38(27-31(5)6)66-64-36(49(79)63-53)20-21-40(54)71/h28,30-32,34-39,41,51,58,64-67,70H,11-27,29,56-57H2,1-10H3,(H2,54,71)(H2,55,76)(H,60,78)(H,61,77)(H,62,80)(H,63,79)/t32-,34-,35-,36-,37-,38-,39-,41?,53-/m0/s1. The van der Waals surface area contributed by atoms with E-state index in [4.69, 9.17) is 22.9 Å². The van der Waals surface area contributed by atoms with E-state index >= 15 is 4.79 Å². The highest BCUT2D eigenvalue weighted by atomic mass is 16.3. The van der Waals surface area contributed by atoms with E-state index in [1.165, 1.54) is 6.92 Å². The molecule has 1 aromatic rings. The molecule has 0 spiro atoms. The van der Waals surface area contributed by atoms with Crippen molar-refractivity contribution in [1.29, 1.82) is 0 Å². The van der Waals surface area contributed by atoms with Crippen molar-refractivity contribution in [3.63, 3.8) is 0 Å². The molecular weight excluding hydrogens is 1040 g/mol. The number of amides is 6. The largest absolute Gasteiger partial charge is 0.394 e. The molecule has 1 aromatic heterocycles. The number of carbonyl (C=O) groups excluding carboxylic acids is 10. The third kappa shape index (κ3) is 23.4. The van der Waals surface area contributed by atoms with E-state index in [0.717, 1.165) is 0 Å².